The van der Waals surface area contributed by atoms with E-state index in [2.05, 4.69) is 15.2 Å². The van der Waals surface area contributed by atoms with Gasteiger partial charge in [-0.2, -0.15) is 0 Å². The summed E-state index contributed by atoms with van der Waals surface area (Å²) in [6, 6.07) is -2.00. The molecule has 0 aliphatic carbocycles. The lowest BCUT2D eigenvalue weighted by Gasteiger charge is -2.18. The fraction of sp³-hybridized carbons (Fsp3) is 0.778. The Kier molecular flexibility index (Phi) is 7.81. The molecule has 0 spiro atoms. The number of rotatable bonds is 10. The molecule has 0 bridgehead atoms. The van der Waals surface area contributed by atoms with Gasteiger partial charge in [0.25, 0.3) is 0 Å². The van der Waals surface area contributed by atoms with Crippen molar-refractivity contribution in [2.45, 2.75) is 25.4 Å². The van der Waals surface area contributed by atoms with Gasteiger partial charge in [0.05, 0.1) is 6.61 Å². The second-order valence-corrected chi connectivity index (χ2v) is 5.74. The lowest BCUT2D eigenvalue weighted by molar-refractivity contribution is -0.140. The molecule has 0 aliphatic heterocycles. The average Bonchev–Trinajstić information content (AvgIpc) is 2.25. The van der Waals surface area contributed by atoms with E-state index in [1.807, 2.05) is 0 Å². The molecule has 9 nitrogen and oxygen atoms in total. The van der Waals surface area contributed by atoms with Crippen molar-refractivity contribution in [2.24, 2.45) is 0 Å². The van der Waals surface area contributed by atoms with Gasteiger partial charge in [0.1, 0.15) is 12.1 Å². The van der Waals surface area contributed by atoms with Crippen molar-refractivity contribution in [1.29, 1.82) is 0 Å². The molecule has 10 heteroatoms. The van der Waals surface area contributed by atoms with Crippen LogP contribution in [0.4, 0.5) is 0 Å². The maximum atomic E-state index is 10.9. The number of carboxylic acids is 2. The molecule has 5 N–H and O–H groups in total. The Balaban J connectivity index is 4.19. The van der Waals surface area contributed by atoms with E-state index in [-0.39, 0.29) is 6.67 Å². The number of carbonyl (C=O) groups is 2. The first kappa shape index (κ1) is 18.0. The van der Waals surface area contributed by atoms with Crippen molar-refractivity contribution in [3.05, 3.63) is 0 Å². The van der Waals surface area contributed by atoms with Gasteiger partial charge in [-0.3, -0.25) is 24.8 Å². The summed E-state index contributed by atoms with van der Waals surface area (Å²) in [5.74, 6) is -2.31. The molecule has 0 aromatic carbocycles. The van der Waals surface area contributed by atoms with E-state index in [0.29, 0.717) is 6.42 Å². The van der Waals surface area contributed by atoms with Crippen LogP contribution in [0.3, 0.4) is 0 Å². The molecule has 0 saturated carbocycles. The summed E-state index contributed by atoms with van der Waals surface area (Å²) in [6.45, 7) is 2.04. The molecule has 0 aromatic heterocycles. The first-order valence-corrected chi connectivity index (χ1v) is 7.57. The summed E-state index contributed by atoms with van der Waals surface area (Å²) in [5, 5.41) is 22.7. The fourth-order valence-electron chi connectivity index (χ4n) is 1.14. The van der Waals surface area contributed by atoms with Gasteiger partial charge in [-0.15, -0.1) is 0 Å². The summed E-state index contributed by atoms with van der Waals surface area (Å²) in [6.07, 6.45) is 0.339. The van der Waals surface area contributed by atoms with E-state index in [0.717, 1.165) is 6.66 Å². The highest BCUT2D eigenvalue weighted by Gasteiger charge is 2.22. The van der Waals surface area contributed by atoms with E-state index >= 15 is 0 Å². The lowest BCUT2D eigenvalue weighted by atomic mass is 10.2. The summed E-state index contributed by atoms with van der Waals surface area (Å²) in [7, 11) is -3.75. The van der Waals surface area contributed by atoms with Gasteiger partial charge < -0.3 is 19.6 Å². The third-order valence-electron chi connectivity index (χ3n) is 2.18. The van der Waals surface area contributed by atoms with Gasteiger partial charge in [-0.1, -0.05) is 6.92 Å². The number of hydrogen-bond donors (Lipinski definition) is 5. The molecular formula is C9H19N2O7P. The second kappa shape index (κ2) is 8.23. The highest BCUT2D eigenvalue weighted by Crippen LogP contribution is 2.36. The third-order valence-corrected chi connectivity index (χ3v) is 2.81. The van der Waals surface area contributed by atoms with Crippen LogP contribution in [0.2, 0.25) is 0 Å². The Labute approximate surface area is 110 Å². The minimum atomic E-state index is -3.75. The first-order valence-electron chi connectivity index (χ1n) is 5.54. The lowest BCUT2D eigenvalue weighted by Crippen LogP contribution is -2.48. The standard InChI is InChI=1S/C9H19N2O7P/c1-3-6(8(12)13)10-5-11-7(9(14)15)4-18-19(2,16)17/h6-7,10-11H,3-5H2,1-2H3,(H,12,13)(H,14,15)(H,16,17). The van der Waals surface area contributed by atoms with Crippen LogP contribution in [-0.4, -0.2) is 59.1 Å². The molecule has 0 radical (unpaired) electrons. The smallest absolute Gasteiger partial charge is 0.325 e. The zero-order chi connectivity index (χ0) is 15.1. The largest absolute Gasteiger partial charge is 0.480 e. The molecule has 3 atom stereocenters. The molecule has 0 saturated heterocycles. The van der Waals surface area contributed by atoms with E-state index in [1.54, 1.807) is 6.92 Å². The molecule has 0 rings (SSSR count). The summed E-state index contributed by atoms with van der Waals surface area (Å²) < 4.78 is 15.4. The molecule has 112 valence electrons. The quantitative estimate of drug-likeness (QED) is 0.260. The van der Waals surface area contributed by atoms with Gasteiger partial charge >= 0.3 is 19.5 Å². The second-order valence-electron chi connectivity index (χ2n) is 3.87. The molecule has 0 aliphatic rings. The Morgan fingerprint density at radius 1 is 1.21 bits per heavy atom. The zero-order valence-electron chi connectivity index (χ0n) is 10.7. The Bertz CT molecular complexity index is 356. The van der Waals surface area contributed by atoms with E-state index in [4.69, 9.17) is 15.1 Å². The van der Waals surface area contributed by atoms with Crippen molar-refractivity contribution in [2.75, 3.05) is 19.9 Å². The third kappa shape index (κ3) is 8.68. The van der Waals surface area contributed by atoms with Crippen LogP contribution in [0.1, 0.15) is 13.3 Å². The van der Waals surface area contributed by atoms with Gasteiger partial charge in [0.15, 0.2) is 0 Å². The summed E-state index contributed by atoms with van der Waals surface area (Å²) in [5.41, 5.74) is 0. The highest BCUT2D eigenvalue weighted by molar-refractivity contribution is 7.51. The summed E-state index contributed by atoms with van der Waals surface area (Å²) in [4.78, 5) is 30.4. The molecule has 0 aromatic rings. The SMILES string of the molecule is CCC(NCNC(COP(C)(=O)O)C(=O)O)C(=O)O. The number of hydrogen-bond acceptors (Lipinski definition) is 6. The van der Waals surface area contributed by atoms with Crippen molar-refractivity contribution in [3.8, 4) is 0 Å². The van der Waals surface area contributed by atoms with Gasteiger partial charge in [0.2, 0.25) is 0 Å². The van der Waals surface area contributed by atoms with Crippen LogP contribution in [-0.2, 0) is 18.7 Å². The maximum Gasteiger partial charge on any atom is 0.325 e. The predicted molar refractivity (Wildman–Crippen MR) is 66.0 cm³/mol. The van der Waals surface area contributed by atoms with Crippen LogP contribution in [0.25, 0.3) is 0 Å². The Morgan fingerprint density at radius 2 is 1.68 bits per heavy atom. The summed E-state index contributed by atoms with van der Waals surface area (Å²) >= 11 is 0. The minimum absolute atomic E-state index is 0.0788. The van der Waals surface area contributed by atoms with Crippen molar-refractivity contribution < 1.29 is 33.8 Å². The zero-order valence-corrected chi connectivity index (χ0v) is 11.6. The predicted octanol–water partition coefficient (Wildman–Crippen LogP) is -0.729. The average molecular weight is 298 g/mol. The van der Waals surface area contributed by atoms with Gasteiger partial charge in [0, 0.05) is 13.3 Å². The number of carboxylic acid groups (broad SMARTS) is 2. The monoisotopic (exact) mass is 298 g/mol. The van der Waals surface area contributed by atoms with Crippen LogP contribution in [0.5, 0.6) is 0 Å². The fourth-order valence-corrected chi connectivity index (χ4v) is 1.57. The highest BCUT2D eigenvalue weighted by atomic mass is 31.2. The number of nitrogens with one attached hydrogen (secondary N) is 2. The van der Waals surface area contributed by atoms with Crippen molar-refractivity contribution in [3.63, 3.8) is 0 Å². The van der Waals surface area contributed by atoms with E-state index < -0.39 is 38.2 Å². The first-order chi connectivity index (χ1) is 8.67. The van der Waals surface area contributed by atoms with E-state index in [1.165, 1.54) is 0 Å². The van der Waals surface area contributed by atoms with Gasteiger partial charge in [-0.25, -0.2) is 0 Å². The maximum absolute atomic E-state index is 10.9. The molecule has 3 unspecified atom stereocenters. The van der Waals surface area contributed by atoms with Crippen molar-refractivity contribution >= 4 is 19.5 Å². The Morgan fingerprint density at radius 3 is 2.05 bits per heavy atom. The van der Waals surface area contributed by atoms with Gasteiger partial charge in [-0.05, 0) is 6.42 Å². The topological polar surface area (TPSA) is 145 Å². The normalized spacial score (nSPS) is 17.4. The molecule has 0 amide bonds. The molecular weight excluding hydrogens is 279 g/mol. The number of aliphatic carboxylic acids is 2. The van der Waals surface area contributed by atoms with Crippen molar-refractivity contribution in [1.82, 2.24) is 10.6 Å². The van der Waals surface area contributed by atoms with Crippen LogP contribution in [0, 0.1) is 0 Å². The van der Waals surface area contributed by atoms with E-state index in [9.17, 15) is 14.2 Å². The van der Waals surface area contributed by atoms with Crippen LogP contribution in [0.15, 0.2) is 0 Å². The minimum Gasteiger partial charge on any atom is -0.480 e. The molecule has 0 heterocycles. The van der Waals surface area contributed by atoms with Crippen LogP contribution < -0.4 is 10.6 Å². The molecule has 0 fully saturated rings. The Hall–Kier alpha value is -0.990. The van der Waals surface area contributed by atoms with Crippen LogP contribution >= 0.6 is 7.60 Å². The molecule has 19 heavy (non-hydrogen) atoms.